The molecular formula is C15H28N4O2. The number of aliphatic hydroxyl groups excluding tert-OH is 1. The van der Waals surface area contributed by atoms with Gasteiger partial charge in [-0.25, -0.2) is 4.79 Å². The fourth-order valence-corrected chi connectivity index (χ4v) is 1.92. The molecule has 2 unspecified atom stereocenters. The Balaban J connectivity index is 2.27. The van der Waals surface area contributed by atoms with E-state index in [0.717, 1.165) is 12.8 Å². The van der Waals surface area contributed by atoms with Crippen LogP contribution in [-0.2, 0) is 7.05 Å². The molecule has 0 aromatic carbocycles. The van der Waals surface area contributed by atoms with Crippen molar-refractivity contribution >= 4 is 6.03 Å². The van der Waals surface area contributed by atoms with Gasteiger partial charge in [-0.3, -0.25) is 4.68 Å². The Morgan fingerprint density at radius 2 is 2.14 bits per heavy atom. The van der Waals surface area contributed by atoms with E-state index in [1.165, 1.54) is 0 Å². The Bertz CT molecular complexity index is 451. The number of carbonyl (C=O) groups is 1. The van der Waals surface area contributed by atoms with Crippen LogP contribution in [-0.4, -0.2) is 33.5 Å². The van der Waals surface area contributed by atoms with Crippen molar-refractivity contribution < 1.29 is 9.90 Å². The fraction of sp³-hybridized carbons (Fsp3) is 0.733. The van der Waals surface area contributed by atoms with Gasteiger partial charge in [-0.2, -0.15) is 5.10 Å². The largest absolute Gasteiger partial charge is 0.386 e. The molecule has 0 saturated carbocycles. The van der Waals surface area contributed by atoms with Crippen molar-refractivity contribution in [3.8, 4) is 0 Å². The van der Waals surface area contributed by atoms with E-state index in [2.05, 4.69) is 36.5 Å². The predicted molar refractivity (Wildman–Crippen MR) is 82.9 cm³/mol. The molecule has 0 aliphatic carbocycles. The van der Waals surface area contributed by atoms with Gasteiger partial charge in [-0.05, 0) is 25.2 Å². The zero-order chi connectivity index (χ0) is 16.0. The van der Waals surface area contributed by atoms with Crippen LogP contribution < -0.4 is 10.6 Å². The minimum absolute atomic E-state index is 0.111. The van der Waals surface area contributed by atoms with E-state index in [1.807, 2.05) is 6.92 Å². The molecule has 1 rings (SSSR count). The van der Waals surface area contributed by atoms with Crippen LogP contribution in [0.2, 0.25) is 0 Å². The van der Waals surface area contributed by atoms with Crippen molar-refractivity contribution in [2.45, 2.75) is 52.7 Å². The van der Waals surface area contributed by atoms with E-state index in [9.17, 15) is 9.90 Å². The Morgan fingerprint density at radius 1 is 1.48 bits per heavy atom. The lowest BCUT2D eigenvalue weighted by molar-refractivity contribution is 0.172. The molecule has 0 aliphatic rings. The van der Waals surface area contributed by atoms with Gasteiger partial charge >= 0.3 is 6.03 Å². The minimum Gasteiger partial charge on any atom is -0.386 e. The maximum absolute atomic E-state index is 11.8. The molecule has 0 aliphatic heterocycles. The molecule has 6 nitrogen and oxygen atoms in total. The van der Waals surface area contributed by atoms with Gasteiger partial charge in [-0.1, -0.05) is 20.8 Å². The zero-order valence-electron chi connectivity index (χ0n) is 13.7. The minimum atomic E-state index is -0.741. The van der Waals surface area contributed by atoms with E-state index in [4.69, 9.17) is 0 Å². The second kappa shape index (κ2) is 7.45. The van der Waals surface area contributed by atoms with Crippen molar-refractivity contribution in [1.82, 2.24) is 20.4 Å². The summed E-state index contributed by atoms with van der Waals surface area (Å²) in [5, 5.41) is 19.5. The maximum atomic E-state index is 11.8. The first-order valence-electron chi connectivity index (χ1n) is 7.38. The Morgan fingerprint density at radius 3 is 2.67 bits per heavy atom. The summed E-state index contributed by atoms with van der Waals surface area (Å²) in [5.74, 6) is 0. The number of aromatic nitrogens is 2. The van der Waals surface area contributed by atoms with Gasteiger partial charge in [0, 0.05) is 31.4 Å². The molecule has 0 radical (unpaired) electrons. The van der Waals surface area contributed by atoms with Crippen LogP contribution in [0.3, 0.4) is 0 Å². The van der Waals surface area contributed by atoms with Crippen LogP contribution in [0.4, 0.5) is 4.79 Å². The van der Waals surface area contributed by atoms with Gasteiger partial charge in [0.15, 0.2) is 0 Å². The second-order valence-corrected chi connectivity index (χ2v) is 6.82. The third kappa shape index (κ3) is 7.13. The van der Waals surface area contributed by atoms with Crippen LogP contribution in [0.1, 0.15) is 52.2 Å². The quantitative estimate of drug-likeness (QED) is 0.751. The highest BCUT2D eigenvalue weighted by Crippen LogP contribution is 2.21. The van der Waals surface area contributed by atoms with Crippen LogP contribution in [0.5, 0.6) is 0 Å². The lowest BCUT2D eigenvalue weighted by Crippen LogP contribution is -2.42. The summed E-state index contributed by atoms with van der Waals surface area (Å²) in [6, 6.07) is -0.140. The fourth-order valence-electron chi connectivity index (χ4n) is 1.92. The third-order valence-electron chi connectivity index (χ3n) is 3.27. The number of urea groups is 1. The van der Waals surface area contributed by atoms with Gasteiger partial charge in [0.1, 0.15) is 0 Å². The van der Waals surface area contributed by atoms with Gasteiger partial charge in [0.25, 0.3) is 0 Å². The highest BCUT2D eigenvalue weighted by molar-refractivity contribution is 5.74. The maximum Gasteiger partial charge on any atom is 0.315 e. The molecule has 2 atom stereocenters. The van der Waals surface area contributed by atoms with E-state index in [-0.39, 0.29) is 24.0 Å². The van der Waals surface area contributed by atoms with Crippen molar-refractivity contribution in [1.29, 1.82) is 0 Å². The first-order chi connectivity index (χ1) is 9.67. The Hall–Kier alpha value is -1.56. The summed E-state index contributed by atoms with van der Waals surface area (Å²) in [4.78, 5) is 11.8. The van der Waals surface area contributed by atoms with E-state index < -0.39 is 6.10 Å². The van der Waals surface area contributed by atoms with Gasteiger partial charge in [0.05, 0.1) is 12.3 Å². The first-order valence-corrected chi connectivity index (χ1v) is 7.38. The van der Waals surface area contributed by atoms with Crippen LogP contribution in [0, 0.1) is 5.41 Å². The highest BCUT2D eigenvalue weighted by atomic mass is 16.3. The average Bonchev–Trinajstić information content (AvgIpc) is 2.79. The summed E-state index contributed by atoms with van der Waals surface area (Å²) in [7, 11) is 1.78. The molecule has 0 fully saturated rings. The summed E-state index contributed by atoms with van der Waals surface area (Å²) >= 11 is 0. The summed E-state index contributed by atoms with van der Waals surface area (Å²) in [5.41, 5.74) is 0.960. The lowest BCUT2D eigenvalue weighted by atomic mass is 9.89. The zero-order valence-corrected chi connectivity index (χ0v) is 13.7. The molecule has 1 aromatic heterocycles. The number of rotatable bonds is 6. The van der Waals surface area contributed by atoms with Gasteiger partial charge in [-0.15, -0.1) is 0 Å². The smallest absolute Gasteiger partial charge is 0.315 e. The number of aryl methyl sites for hydroxylation is 1. The lowest BCUT2D eigenvalue weighted by Gasteiger charge is -2.22. The number of hydrogen-bond acceptors (Lipinski definition) is 3. The standard InChI is InChI=1S/C15H28N4O2/c1-11(6-7-15(2,3)4)18-14(21)16-9-13(20)12-8-17-19(5)10-12/h8,10-11,13,20H,6-7,9H2,1-5H3,(H2,16,18,21). The number of aliphatic hydroxyl groups is 1. The molecule has 1 heterocycles. The predicted octanol–water partition coefficient (Wildman–Crippen LogP) is 1.97. The third-order valence-corrected chi connectivity index (χ3v) is 3.27. The van der Waals surface area contributed by atoms with Crippen molar-refractivity contribution in [2.75, 3.05) is 6.54 Å². The average molecular weight is 296 g/mol. The molecule has 0 spiro atoms. The number of hydrogen-bond donors (Lipinski definition) is 3. The molecule has 2 amide bonds. The van der Waals surface area contributed by atoms with Crippen molar-refractivity contribution in [2.24, 2.45) is 12.5 Å². The SMILES string of the molecule is CC(CCC(C)(C)C)NC(=O)NCC(O)c1cnn(C)c1. The molecular weight excluding hydrogens is 268 g/mol. The second-order valence-electron chi connectivity index (χ2n) is 6.82. The number of nitrogens with zero attached hydrogens (tertiary/aromatic N) is 2. The molecule has 0 saturated heterocycles. The molecule has 6 heteroatoms. The van der Waals surface area contributed by atoms with Crippen LogP contribution in [0.15, 0.2) is 12.4 Å². The normalized spacial score (nSPS) is 14.6. The van der Waals surface area contributed by atoms with Crippen LogP contribution >= 0.6 is 0 Å². The first kappa shape index (κ1) is 17.5. The number of amides is 2. The number of carbonyl (C=O) groups excluding carboxylic acids is 1. The summed E-state index contributed by atoms with van der Waals surface area (Å²) in [6.45, 7) is 8.71. The Kier molecular flexibility index (Phi) is 6.20. The van der Waals surface area contributed by atoms with E-state index in [1.54, 1.807) is 24.1 Å². The molecule has 21 heavy (non-hydrogen) atoms. The summed E-state index contributed by atoms with van der Waals surface area (Å²) in [6.07, 6.45) is 4.57. The van der Waals surface area contributed by atoms with Crippen LogP contribution in [0.25, 0.3) is 0 Å². The molecule has 120 valence electrons. The van der Waals surface area contributed by atoms with E-state index in [0.29, 0.717) is 5.56 Å². The van der Waals surface area contributed by atoms with Crippen molar-refractivity contribution in [3.63, 3.8) is 0 Å². The van der Waals surface area contributed by atoms with Gasteiger partial charge < -0.3 is 15.7 Å². The Labute approximate surface area is 126 Å². The topological polar surface area (TPSA) is 79.2 Å². The van der Waals surface area contributed by atoms with Gasteiger partial charge in [0.2, 0.25) is 0 Å². The summed E-state index contributed by atoms with van der Waals surface area (Å²) < 4.78 is 1.62. The van der Waals surface area contributed by atoms with Crippen molar-refractivity contribution in [3.05, 3.63) is 18.0 Å². The van der Waals surface area contributed by atoms with E-state index >= 15 is 0 Å². The molecule has 0 bridgehead atoms. The monoisotopic (exact) mass is 296 g/mol. The number of nitrogens with one attached hydrogen (secondary N) is 2. The molecule has 1 aromatic rings. The highest BCUT2D eigenvalue weighted by Gasteiger charge is 2.15. The molecule has 3 N–H and O–H groups in total.